The van der Waals surface area contributed by atoms with E-state index >= 15 is 0 Å². The number of nitrogens with zero attached hydrogens (tertiary/aromatic N) is 2. The molecule has 10 heteroatoms. The number of hydrogen-bond acceptors (Lipinski definition) is 6. The monoisotopic (exact) mass is 399 g/mol. The van der Waals surface area contributed by atoms with Gasteiger partial charge in [0.1, 0.15) is 18.0 Å². The van der Waals surface area contributed by atoms with E-state index in [1.165, 1.54) is 12.3 Å². The predicted octanol–water partition coefficient (Wildman–Crippen LogP) is 0.920. The second-order valence-electron chi connectivity index (χ2n) is 5.65. The zero-order valence-corrected chi connectivity index (χ0v) is 14.8. The van der Waals surface area contributed by atoms with Crippen LogP contribution >= 0.6 is 23.2 Å². The van der Waals surface area contributed by atoms with Crippen molar-refractivity contribution < 1.29 is 19.7 Å². The number of alkyl halides is 2. The lowest BCUT2D eigenvalue weighted by atomic mass is 10.2. The van der Waals surface area contributed by atoms with Crippen molar-refractivity contribution in [2.24, 2.45) is 0 Å². The van der Waals surface area contributed by atoms with Gasteiger partial charge in [0.2, 0.25) is 0 Å². The van der Waals surface area contributed by atoms with Crippen LogP contribution in [-0.4, -0.2) is 48.8 Å². The molecule has 0 radical (unpaired) electrons. The molecule has 1 aliphatic heterocycles. The topological polar surface area (TPSA) is 114 Å². The summed E-state index contributed by atoms with van der Waals surface area (Å²) in [5, 5.41) is 21.7. The first-order chi connectivity index (χ1) is 12.3. The van der Waals surface area contributed by atoms with E-state index in [0.717, 1.165) is 4.57 Å². The van der Waals surface area contributed by atoms with Crippen molar-refractivity contribution >= 4 is 34.9 Å². The Kier molecular flexibility index (Phi) is 5.31. The molecule has 1 saturated heterocycles. The highest BCUT2D eigenvalue weighted by molar-refractivity contribution is 6.49. The van der Waals surface area contributed by atoms with Gasteiger partial charge in [-0.1, -0.05) is 41.4 Å². The molecule has 0 spiro atoms. The molecule has 1 fully saturated rings. The van der Waals surface area contributed by atoms with Crippen LogP contribution in [0.1, 0.15) is 16.6 Å². The van der Waals surface area contributed by atoms with Gasteiger partial charge < -0.3 is 20.3 Å². The highest BCUT2D eigenvalue weighted by atomic mass is 35.5. The molecule has 0 aliphatic carbocycles. The minimum atomic E-state index is -1.85. The van der Waals surface area contributed by atoms with Crippen LogP contribution in [0.5, 0.6) is 0 Å². The van der Waals surface area contributed by atoms with Gasteiger partial charge in [0.05, 0.1) is 6.61 Å². The SMILES string of the molecule is O=C(Nc1ccn(C2OC(CO)C(O)C2(Cl)Cl)c(=O)n1)c1ccccc1. The number of aliphatic hydroxyl groups excluding tert-OH is 2. The van der Waals surface area contributed by atoms with E-state index in [1.54, 1.807) is 30.3 Å². The number of anilines is 1. The average Bonchev–Trinajstić information content (AvgIpc) is 2.85. The summed E-state index contributed by atoms with van der Waals surface area (Å²) in [5.74, 6) is -0.390. The first-order valence-electron chi connectivity index (χ1n) is 7.62. The molecule has 8 nitrogen and oxygen atoms in total. The number of ether oxygens (including phenoxy) is 1. The summed E-state index contributed by atoms with van der Waals surface area (Å²) in [4.78, 5) is 28.2. The van der Waals surface area contributed by atoms with Crippen LogP contribution in [0, 0.1) is 0 Å². The number of rotatable bonds is 4. The van der Waals surface area contributed by atoms with Gasteiger partial charge in [-0.05, 0) is 18.2 Å². The maximum Gasteiger partial charge on any atom is 0.351 e. The Hall–Kier alpha value is -1.97. The summed E-state index contributed by atoms with van der Waals surface area (Å²) in [6, 6.07) is 9.80. The lowest BCUT2D eigenvalue weighted by Crippen LogP contribution is -2.40. The summed E-state index contributed by atoms with van der Waals surface area (Å²) in [5.41, 5.74) is -0.385. The van der Waals surface area contributed by atoms with Crippen LogP contribution in [0.3, 0.4) is 0 Å². The molecule has 0 saturated carbocycles. The third-order valence-corrected chi connectivity index (χ3v) is 4.74. The molecular weight excluding hydrogens is 385 g/mol. The normalized spacial score (nSPS) is 24.4. The molecule has 2 aromatic rings. The molecule has 3 N–H and O–H groups in total. The van der Waals surface area contributed by atoms with Crippen molar-refractivity contribution in [2.75, 3.05) is 11.9 Å². The lowest BCUT2D eigenvalue weighted by molar-refractivity contribution is -0.0461. The molecule has 0 bridgehead atoms. The lowest BCUT2D eigenvalue weighted by Gasteiger charge is -2.24. The zero-order valence-electron chi connectivity index (χ0n) is 13.3. The number of carbonyl (C=O) groups excluding carboxylic acids is 1. The standard InChI is InChI=1S/C16H15Cl2N3O5/c17-16(18)12(23)10(8-22)26-14(16)21-7-6-11(20-15(21)25)19-13(24)9-4-2-1-3-5-9/h1-7,10,12,14,22-23H,8H2,(H,19,20,24,25). The quantitative estimate of drug-likeness (QED) is 0.658. The van der Waals surface area contributed by atoms with Gasteiger partial charge in [0, 0.05) is 11.8 Å². The molecule has 3 unspecified atom stereocenters. The Morgan fingerprint density at radius 2 is 2.00 bits per heavy atom. The van der Waals surface area contributed by atoms with Gasteiger partial charge in [-0.2, -0.15) is 4.98 Å². The summed E-state index contributed by atoms with van der Waals surface area (Å²) >= 11 is 12.2. The van der Waals surface area contributed by atoms with Crippen LogP contribution in [0.2, 0.25) is 0 Å². The Morgan fingerprint density at radius 1 is 1.31 bits per heavy atom. The Balaban J connectivity index is 1.82. The number of amides is 1. The Labute approximate surface area is 158 Å². The Bertz CT molecular complexity index is 858. The van der Waals surface area contributed by atoms with Crippen LogP contribution < -0.4 is 11.0 Å². The average molecular weight is 400 g/mol. The maximum atomic E-state index is 12.3. The molecule has 138 valence electrons. The fourth-order valence-electron chi connectivity index (χ4n) is 2.56. The third-order valence-electron chi connectivity index (χ3n) is 3.92. The fraction of sp³-hybridized carbons (Fsp3) is 0.312. The minimum absolute atomic E-state index is 0.0344. The molecule has 1 aliphatic rings. The summed E-state index contributed by atoms with van der Waals surface area (Å²) in [7, 11) is 0. The van der Waals surface area contributed by atoms with Crippen molar-refractivity contribution in [2.45, 2.75) is 22.8 Å². The largest absolute Gasteiger partial charge is 0.394 e. The van der Waals surface area contributed by atoms with Gasteiger partial charge in [-0.25, -0.2) is 4.79 Å². The number of carbonyl (C=O) groups is 1. The first-order valence-corrected chi connectivity index (χ1v) is 8.38. The van der Waals surface area contributed by atoms with Crippen LogP contribution in [0.25, 0.3) is 0 Å². The maximum absolute atomic E-state index is 12.3. The van der Waals surface area contributed by atoms with E-state index in [2.05, 4.69) is 10.3 Å². The Morgan fingerprint density at radius 3 is 2.58 bits per heavy atom. The minimum Gasteiger partial charge on any atom is -0.394 e. The van der Waals surface area contributed by atoms with E-state index in [0.29, 0.717) is 5.56 Å². The van der Waals surface area contributed by atoms with Crippen LogP contribution in [0.15, 0.2) is 47.4 Å². The van der Waals surface area contributed by atoms with E-state index in [-0.39, 0.29) is 5.82 Å². The zero-order chi connectivity index (χ0) is 18.9. The molecule has 2 heterocycles. The summed E-state index contributed by atoms with van der Waals surface area (Å²) in [6.45, 7) is -0.522. The van der Waals surface area contributed by atoms with E-state index in [4.69, 9.17) is 27.9 Å². The van der Waals surface area contributed by atoms with Crippen LogP contribution in [0.4, 0.5) is 5.82 Å². The number of aliphatic hydroxyl groups is 2. The molecule has 3 rings (SSSR count). The highest BCUT2D eigenvalue weighted by Crippen LogP contribution is 2.45. The fourth-order valence-corrected chi connectivity index (χ4v) is 3.15. The second kappa shape index (κ2) is 7.34. The molecule has 1 aromatic heterocycles. The van der Waals surface area contributed by atoms with E-state index in [1.807, 2.05) is 0 Å². The summed E-state index contributed by atoms with van der Waals surface area (Å²) in [6.07, 6.45) is -2.41. The van der Waals surface area contributed by atoms with Crippen molar-refractivity contribution in [3.8, 4) is 0 Å². The van der Waals surface area contributed by atoms with Gasteiger partial charge in [-0.15, -0.1) is 0 Å². The highest BCUT2D eigenvalue weighted by Gasteiger charge is 2.55. The first kappa shape index (κ1) is 18.8. The van der Waals surface area contributed by atoms with Crippen molar-refractivity contribution in [1.82, 2.24) is 9.55 Å². The van der Waals surface area contributed by atoms with Gasteiger partial charge in [-0.3, -0.25) is 9.36 Å². The summed E-state index contributed by atoms with van der Waals surface area (Å²) < 4.78 is 4.50. The van der Waals surface area contributed by atoms with Gasteiger partial charge >= 0.3 is 5.69 Å². The van der Waals surface area contributed by atoms with Crippen molar-refractivity contribution in [3.63, 3.8) is 0 Å². The molecule has 26 heavy (non-hydrogen) atoms. The van der Waals surface area contributed by atoms with Gasteiger partial charge in [0.15, 0.2) is 10.6 Å². The molecule has 1 amide bonds. The van der Waals surface area contributed by atoms with Gasteiger partial charge in [0.25, 0.3) is 5.91 Å². The van der Waals surface area contributed by atoms with E-state index < -0.39 is 41.0 Å². The van der Waals surface area contributed by atoms with Crippen molar-refractivity contribution in [3.05, 3.63) is 58.6 Å². The van der Waals surface area contributed by atoms with Crippen molar-refractivity contribution in [1.29, 1.82) is 0 Å². The number of aromatic nitrogens is 2. The second-order valence-corrected chi connectivity index (χ2v) is 7.10. The molecule has 3 atom stereocenters. The predicted molar refractivity (Wildman–Crippen MR) is 94.3 cm³/mol. The number of hydrogen-bond donors (Lipinski definition) is 3. The number of nitrogens with one attached hydrogen (secondary N) is 1. The van der Waals surface area contributed by atoms with Crippen LogP contribution in [-0.2, 0) is 4.74 Å². The number of benzene rings is 1. The smallest absolute Gasteiger partial charge is 0.351 e. The molecular formula is C16H15Cl2N3O5. The number of halogens is 2. The third kappa shape index (κ3) is 3.46. The van der Waals surface area contributed by atoms with E-state index in [9.17, 15) is 19.8 Å². The molecule has 1 aromatic carbocycles.